The molecule has 2 fully saturated rings. The molecule has 130 valence electrons. The summed E-state index contributed by atoms with van der Waals surface area (Å²) in [6.45, 7) is 3.81. The fourth-order valence-corrected chi connectivity index (χ4v) is 3.36. The van der Waals surface area contributed by atoms with Crippen LogP contribution in [0.5, 0.6) is 0 Å². The van der Waals surface area contributed by atoms with Crippen LogP contribution >= 0.6 is 24.0 Å². The molecule has 0 aromatic carbocycles. The lowest BCUT2D eigenvalue weighted by Gasteiger charge is -2.22. The number of fused-ring (bicyclic) bond motifs is 2. The van der Waals surface area contributed by atoms with E-state index in [0.717, 1.165) is 38.3 Å². The number of nitrogens with one attached hydrogen (secondary N) is 2. The second-order valence-electron chi connectivity index (χ2n) is 6.25. The molecule has 2 saturated heterocycles. The van der Waals surface area contributed by atoms with Crippen molar-refractivity contribution >= 4 is 29.9 Å². The average Bonchev–Trinajstić information content (AvgIpc) is 3.20. The maximum Gasteiger partial charge on any atom is 0.191 e. The molecule has 0 amide bonds. The van der Waals surface area contributed by atoms with Crippen molar-refractivity contribution in [3.05, 3.63) is 18.0 Å². The van der Waals surface area contributed by atoms with E-state index in [1.807, 2.05) is 17.9 Å². The second kappa shape index (κ2) is 8.86. The number of hydrogen-bond acceptors (Lipinski definition) is 3. The van der Waals surface area contributed by atoms with E-state index in [1.54, 1.807) is 0 Å². The van der Waals surface area contributed by atoms with Crippen LogP contribution in [0.1, 0.15) is 38.2 Å². The molecule has 2 N–H and O–H groups in total. The highest BCUT2D eigenvalue weighted by molar-refractivity contribution is 14.0. The van der Waals surface area contributed by atoms with Gasteiger partial charge in [-0.3, -0.25) is 9.67 Å². The zero-order valence-corrected chi connectivity index (χ0v) is 16.3. The standard InChI is InChI=1S/C16H27N5O.HI/c1-3-17-16(20-14-9-13-6-7-15(14)22-13)18-8-4-5-12-10-19-21(2)11-12;/h10-11,13-15H,3-9H2,1-2H3,(H2,17,18,20);1H. The van der Waals surface area contributed by atoms with Gasteiger partial charge in [-0.05, 0) is 44.6 Å². The molecule has 3 unspecified atom stereocenters. The van der Waals surface area contributed by atoms with Crippen molar-refractivity contribution in [2.24, 2.45) is 12.0 Å². The number of rotatable bonds is 6. The molecule has 0 aliphatic carbocycles. The normalized spacial score (nSPS) is 26.2. The van der Waals surface area contributed by atoms with Gasteiger partial charge in [-0.1, -0.05) is 0 Å². The van der Waals surface area contributed by atoms with Crippen LogP contribution in [0.25, 0.3) is 0 Å². The van der Waals surface area contributed by atoms with E-state index in [-0.39, 0.29) is 24.0 Å². The molecule has 0 saturated carbocycles. The highest BCUT2D eigenvalue weighted by Crippen LogP contribution is 2.34. The van der Waals surface area contributed by atoms with Gasteiger partial charge in [0.15, 0.2) is 5.96 Å². The van der Waals surface area contributed by atoms with Gasteiger partial charge in [0.25, 0.3) is 0 Å². The quantitative estimate of drug-likeness (QED) is 0.311. The monoisotopic (exact) mass is 433 g/mol. The number of ether oxygens (including phenoxy) is 1. The lowest BCUT2D eigenvalue weighted by Crippen LogP contribution is -2.47. The van der Waals surface area contributed by atoms with Gasteiger partial charge in [-0.2, -0.15) is 5.10 Å². The molecule has 2 bridgehead atoms. The third-order valence-corrected chi connectivity index (χ3v) is 4.42. The van der Waals surface area contributed by atoms with Gasteiger partial charge in [0.1, 0.15) is 0 Å². The van der Waals surface area contributed by atoms with Crippen LogP contribution in [0.15, 0.2) is 17.4 Å². The first-order valence-corrected chi connectivity index (χ1v) is 8.42. The van der Waals surface area contributed by atoms with E-state index in [0.29, 0.717) is 18.2 Å². The van der Waals surface area contributed by atoms with Crippen LogP contribution in [-0.2, 0) is 18.2 Å². The zero-order chi connectivity index (χ0) is 15.4. The summed E-state index contributed by atoms with van der Waals surface area (Å²) in [6.07, 6.45) is 10.4. The Morgan fingerprint density at radius 2 is 2.35 bits per heavy atom. The minimum absolute atomic E-state index is 0. The van der Waals surface area contributed by atoms with Crippen LogP contribution in [0, 0.1) is 0 Å². The molecule has 1 aromatic heterocycles. The number of aryl methyl sites for hydroxylation is 2. The third kappa shape index (κ3) is 5.07. The SMILES string of the molecule is CCNC(=NCCCc1cnn(C)c1)NC1CC2CCC1O2.I. The molecule has 1 aromatic rings. The lowest BCUT2D eigenvalue weighted by molar-refractivity contribution is 0.0992. The van der Waals surface area contributed by atoms with Gasteiger partial charge >= 0.3 is 0 Å². The molecule has 6 nitrogen and oxygen atoms in total. The van der Waals surface area contributed by atoms with E-state index in [9.17, 15) is 0 Å². The fourth-order valence-electron chi connectivity index (χ4n) is 3.36. The molecule has 2 aliphatic heterocycles. The Labute approximate surface area is 155 Å². The maximum atomic E-state index is 5.90. The van der Waals surface area contributed by atoms with Crippen LogP contribution in [0.3, 0.4) is 0 Å². The molecular weight excluding hydrogens is 405 g/mol. The Kier molecular flexibility index (Phi) is 7.13. The third-order valence-electron chi connectivity index (χ3n) is 4.42. The van der Waals surface area contributed by atoms with E-state index in [2.05, 4.69) is 28.9 Å². The Bertz CT molecular complexity index is 518. The molecule has 2 aliphatic rings. The molecule has 3 heterocycles. The largest absolute Gasteiger partial charge is 0.373 e. The number of guanidine groups is 1. The smallest absolute Gasteiger partial charge is 0.191 e. The van der Waals surface area contributed by atoms with Crippen molar-refractivity contribution in [3.8, 4) is 0 Å². The van der Waals surface area contributed by atoms with E-state index in [1.165, 1.54) is 18.4 Å². The molecule has 7 heteroatoms. The van der Waals surface area contributed by atoms with Gasteiger partial charge in [0, 0.05) is 26.3 Å². The van der Waals surface area contributed by atoms with E-state index in [4.69, 9.17) is 9.73 Å². The Morgan fingerprint density at radius 3 is 2.96 bits per heavy atom. The predicted octanol–water partition coefficient (Wildman–Crippen LogP) is 1.85. The Hall–Kier alpha value is -0.830. The summed E-state index contributed by atoms with van der Waals surface area (Å²) >= 11 is 0. The molecule has 23 heavy (non-hydrogen) atoms. The summed E-state index contributed by atoms with van der Waals surface area (Å²) in [5.41, 5.74) is 1.28. The second-order valence-corrected chi connectivity index (χ2v) is 6.25. The molecule has 0 radical (unpaired) electrons. The summed E-state index contributed by atoms with van der Waals surface area (Å²) in [7, 11) is 1.95. The van der Waals surface area contributed by atoms with Gasteiger partial charge in [0.2, 0.25) is 0 Å². The Balaban J connectivity index is 0.00000192. The minimum Gasteiger partial charge on any atom is -0.373 e. The first kappa shape index (κ1) is 18.5. The first-order chi connectivity index (χ1) is 10.7. The lowest BCUT2D eigenvalue weighted by atomic mass is 9.96. The zero-order valence-electron chi connectivity index (χ0n) is 14.0. The summed E-state index contributed by atoms with van der Waals surface area (Å²) in [4.78, 5) is 4.69. The molecule has 0 spiro atoms. The van der Waals surface area contributed by atoms with Gasteiger partial charge < -0.3 is 15.4 Å². The van der Waals surface area contributed by atoms with Gasteiger partial charge in [-0.15, -0.1) is 24.0 Å². The average molecular weight is 433 g/mol. The highest BCUT2D eigenvalue weighted by atomic mass is 127. The summed E-state index contributed by atoms with van der Waals surface area (Å²) in [5.74, 6) is 0.926. The first-order valence-electron chi connectivity index (χ1n) is 8.42. The van der Waals surface area contributed by atoms with Crippen molar-refractivity contribution in [1.29, 1.82) is 0 Å². The molecule has 3 atom stereocenters. The highest BCUT2D eigenvalue weighted by Gasteiger charge is 2.41. The summed E-state index contributed by atoms with van der Waals surface area (Å²) in [5, 5.41) is 11.1. The number of nitrogens with zero attached hydrogens (tertiary/aromatic N) is 3. The van der Waals surface area contributed by atoms with Crippen molar-refractivity contribution in [1.82, 2.24) is 20.4 Å². The van der Waals surface area contributed by atoms with E-state index < -0.39 is 0 Å². The topological polar surface area (TPSA) is 63.5 Å². The maximum absolute atomic E-state index is 5.90. The van der Waals surface area contributed by atoms with Crippen molar-refractivity contribution in [2.75, 3.05) is 13.1 Å². The summed E-state index contributed by atoms with van der Waals surface area (Å²) < 4.78 is 7.74. The minimum atomic E-state index is 0. The van der Waals surface area contributed by atoms with Crippen molar-refractivity contribution < 1.29 is 4.74 Å². The Morgan fingerprint density at radius 1 is 1.48 bits per heavy atom. The molecular formula is C16H28IN5O. The van der Waals surface area contributed by atoms with Crippen molar-refractivity contribution in [3.63, 3.8) is 0 Å². The summed E-state index contributed by atoms with van der Waals surface area (Å²) in [6, 6.07) is 0.426. The number of halogens is 1. The fraction of sp³-hybridized carbons (Fsp3) is 0.750. The number of aromatic nitrogens is 2. The van der Waals surface area contributed by atoms with Crippen LogP contribution in [0.4, 0.5) is 0 Å². The number of aliphatic imine (C=N–C) groups is 1. The van der Waals surface area contributed by atoms with E-state index >= 15 is 0 Å². The molecule has 3 rings (SSSR count). The van der Waals surface area contributed by atoms with Gasteiger partial charge in [-0.25, -0.2) is 0 Å². The van der Waals surface area contributed by atoms with Crippen LogP contribution < -0.4 is 10.6 Å². The van der Waals surface area contributed by atoms with Crippen molar-refractivity contribution in [2.45, 2.75) is 57.3 Å². The predicted molar refractivity (Wildman–Crippen MR) is 102 cm³/mol. The van der Waals surface area contributed by atoms with Crippen LogP contribution in [0.2, 0.25) is 0 Å². The number of hydrogen-bond donors (Lipinski definition) is 2. The van der Waals surface area contributed by atoms with Crippen LogP contribution in [-0.4, -0.2) is 47.1 Å². The van der Waals surface area contributed by atoms with Gasteiger partial charge in [0.05, 0.1) is 24.4 Å².